The molecule has 112 valence electrons. The zero-order valence-corrected chi connectivity index (χ0v) is 13.7. The van der Waals surface area contributed by atoms with Crippen LogP contribution in [0.5, 0.6) is 0 Å². The van der Waals surface area contributed by atoms with Gasteiger partial charge in [0.2, 0.25) is 0 Å². The average Bonchev–Trinajstić information content (AvgIpc) is 2.50. The van der Waals surface area contributed by atoms with Crippen molar-refractivity contribution < 1.29 is 0 Å². The van der Waals surface area contributed by atoms with Crippen LogP contribution in [-0.2, 0) is 6.42 Å². The molecule has 0 saturated heterocycles. The fourth-order valence-corrected chi connectivity index (χ4v) is 2.87. The van der Waals surface area contributed by atoms with Crippen molar-refractivity contribution in [3.05, 3.63) is 70.2 Å². The van der Waals surface area contributed by atoms with Gasteiger partial charge >= 0.3 is 0 Å². The number of aryl methyl sites for hydroxylation is 1. The van der Waals surface area contributed by atoms with Gasteiger partial charge in [0, 0.05) is 5.02 Å². The van der Waals surface area contributed by atoms with Gasteiger partial charge in [-0.25, -0.2) is 0 Å². The minimum atomic E-state index is 0.162. The molecule has 0 heterocycles. The number of nitrogens with one attached hydrogen (secondary N) is 1. The highest BCUT2D eigenvalue weighted by Gasteiger charge is 2.16. The molecular weight excluding hydrogens is 278 g/mol. The number of halogens is 1. The normalized spacial score (nSPS) is 12.3. The topological polar surface area (TPSA) is 12.0 Å². The molecule has 21 heavy (non-hydrogen) atoms. The van der Waals surface area contributed by atoms with Gasteiger partial charge in [0.1, 0.15) is 0 Å². The third-order valence-corrected chi connectivity index (χ3v) is 3.98. The molecule has 1 unspecified atom stereocenters. The number of benzene rings is 2. The van der Waals surface area contributed by atoms with Gasteiger partial charge in [-0.05, 0) is 42.1 Å². The van der Waals surface area contributed by atoms with E-state index in [1.807, 2.05) is 12.1 Å². The number of rotatable bonds is 7. The average molecular weight is 302 g/mol. The maximum Gasteiger partial charge on any atom is 0.0591 e. The molecule has 2 rings (SSSR count). The molecule has 0 bridgehead atoms. The van der Waals surface area contributed by atoms with Crippen LogP contribution in [-0.4, -0.2) is 6.54 Å². The summed E-state index contributed by atoms with van der Waals surface area (Å²) in [4.78, 5) is 0. The maximum absolute atomic E-state index is 6.41. The zero-order valence-electron chi connectivity index (χ0n) is 12.9. The van der Waals surface area contributed by atoms with Gasteiger partial charge in [0.05, 0.1) is 6.04 Å². The van der Waals surface area contributed by atoms with Gasteiger partial charge in [0.25, 0.3) is 0 Å². The molecule has 0 aliphatic heterocycles. The van der Waals surface area contributed by atoms with E-state index in [2.05, 4.69) is 55.6 Å². The van der Waals surface area contributed by atoms with E-state index in [0.717, 1.165) is 30.0 Å². The molecule has 0 fully saturated rings. The predicted octanol–water partition coefficient (Wildman–Crippen LogP) is 5.38. The summed E-state index contributed by atoms with van der Waals surface area (Å²) in [5.74, 6) is 0. The molecule has 1 N–H and O–H groups in total. The summed E-state index contributed by atoms with van der Waals surface area (Å²) in [6, 6.07) is 17.1. The van der Waals surface area contributed by atoms with Crippen molar-refractivity contribution in [1.82, 2.24) is 5.32 Å². The van der Waals surface area contributed by atoms with Crippen LogP contribution in [0.4, 0.5) is 0 Å². The highest BCUT2D eigenvalue weighted by atomic mass is 35.5. The SMILES string of the molecule is CCCNC(c1cccc(CCC)c1)c1ccccc1Cl. The van der Waals surface area contributed by atoms with Crippen LogP contribution in [0.2, 0.25) is 5.02 Å². The van der Waals surface area contributed by atoms with E-state index in [-0.39, 0.29) is 6.04 Å². The first kappa shape index (κ1) is 16.1. The largest absolute Gasteiger partial charge is 0.306 e. The molecule has 0 aromatic heterocycles. The summed E-state index contributed by atoms with van der Waals surface area (Å²) in [6.07, 6.45) is 3.40. The lowest BCUT2D eigenvalue weighted by molar-refractivity contribution is 0.598. The molecule has 0 aliphatic rings. The van der Waals surface area contributed by atoms with Crippen LogP contribution in [0.1, 0.15) is 49.4 Å². The Morgan fingerprint density at radius 2 is 1.81 bits per heavy atom. The first-order chi connectivity index (χ1) is 10.3. The summed E-state index contributed by atoms with van der Waals surface area (Å²) < 4.78 is 0. The standard InChI is InChI=1S/C19H24ClN/c1-3-8-15-9-7-10-16(14-15)19(21-13-4-2)17-11-5-6-12-18(17)20/h5-7,9-12,14,19,21H,3-4,8,13H2,1-2H3. The molecule has 2 aromatic carbocycles. The summed E-state index contributed by atoms with van der Waals surface area (Å²) in [6.45, 7) is 5.38. The molecule has 0 amide bonds. The van der Waals surface area contributed by atoms with Crippen molar-refractivity contribution in [2.75, 3.05) is 6.54 Å². The predicted molar refractivity (Wildman–Crippen MR) is 92.0 cm³/mol. The second-order valence-corrected chi connectivity index (χ2v) is 5.81. The molecule has 2 aromatic rings. The maximum atomic E-state index is 6.41. The first-order valence-corrected chi connectivity index (χ1v) is 8.20. The van der Waals surface area contributed by atoms with Crippen LogP contribution in [0.25, 0.3) is 0 Å². The third kappa shape index (κ3) is 4.33. The quantitative estimate of drug-likeness (QED) is 0.724. The fourth-order valence-electron chi connectivity index (χ4n) is 2.62. The van der Waals surface area contributed by atoms with E-state index in [4.69, 9.17) is 11.6 Å². The van der Waals surface area contributed by atoms with Gasteiger partial charge in [-0.1, -0.05) is 74.3 Å². The van der Waals surface area contributed by atoms with Crippen LogP contribution in [0.15, 0.2) is 48.5 Å². The van der Waals surface area contributed by atoms with Crippen LogP contribution < -0.4 is 5.32 Å². The van der Waals surface area contributed by atoms with Gasteiger partial charge in [-0.3, -0.25) is 0 Å². The van der Waals surface area contributed by atoms with Crippen molar-refractivity contribution in [1.29, 1.82) is 0 Å². The number of hydrogen-bond acceptors (Lipinski definition) is 1. The zero-order chi connectivity index (χ0) is 15.1. The van der Waals surface area contributed by atoms with Crippen molar-refractivity contribution in [2.45, 2.75) is 39.2 Å². The first-order valence-electron chi connectivity index (χ1n) is 7.83. The van der Waals surface area contributed by atoms with Gasteiger partial charge in [-0.2, -0.15) is 0 Å². The van der Waals surface area contributed by atoms with E-state index in [0.29, 0.717) is 0 Å². The molecule has 0 aliphatic carbocycles. The van der Waals surface area contributed by atoms with Gasteiger partial charge in [-0.15, -0.1) is 0 Å². The molecule has 1 nitrogen and oxygen atoms in total. The van der Waals surface area contributed by atoms with Gasteiger partial charge in [0.15, 0.2) is 0 Å². The smallest absolute Gasteiger partial charge is 0.0591 e. The number of hydrogen-bond donors (Lipinski definition) is 1. The van der Waals surface area contributed by atoms with Crippen molar-refractivity contribution >= 4 is 11.6 Å². The highest BCUT2D eigenvalue weighted by molar-refractivity contribution is 6.31. The summed E-state index contributed by atoms with van der Waals surface area (Å²) in [7, 11) is 0. The Morgan fingerprint density at radius 3 is 2.52 bits per heavy atom. The second kappa shape index (κ2) is 8.21. The van der Waals surface area contributed by atoms with E-state index in [1.54, 1.807) is 0 Å². The summed E-state index contributed by atoms with van der Waals surface area (Å²) >= 11 is 6.41. The Balaban J connectivity index is 2.36. The minimum Gasteiger partial charge on any atom is -0.306 e. The third-order valence-electron chi connectivity index (χ3n) is 3.64. The fraction of sp³-hybridized carbons (Fsp3) is 0.368. The Bertz CT molecular complexity index is 565. The van der Waals surface area contributed by atoms with Crippen LogP contribution in [0, 0.1) is 0 Å². The van der Waals surface area contributed by atoms with E-state index in [9.17, 15) is 0 Å². The van der Waals surface area contributed by atoms with Crippen molar-refractivity contribution in [3.63, 3.8) is 0 Å². The summed E-state index contributed by atoms with van der Waals surface area (Å²) in [5.41, 5.74) is 3.84. The second-order valence-electron chi connectivity index (χ2n) is 5.40. The lowest BCUT2D eigenvalue weighted by Gasteiger charge is -2.21. The highest BCUT2D eigenvalue weighted by Crippen LogP contribution is 2.28. The van der Waals surface area contributed by atoms with Crippen LogP contribution >= 0.6 is 11.6 Å². The Kier molecular flexibility index (Phi) is 6.28. The Hall–Kier alpha value is -1.31. The molecule has 0 spiro atoms. The van der Waals surface area contributed by atoms with E-state index < -0.39 is 0 Å². The molecule has 1 atom stereocenters. The lowest BCUT2D eigenvalue weighted by Crippen LogP contribution is -2.23. The van der Waals surface area contributed by atoms with Crippen LogP contribution in [0.3, 0.4) is 0 Å². The molecule has 0 saturated carbocycles. The van der Waals surface area contributed by atoms with E-state index in [1.165, 1.54) is 17.5 Å². The Labute approximate surface area is 133 Å². The molecule has 2 heteroatoms. The van der Waals surface area contributed by atoms with Crippen molar-refractivity contribution in [3.8, 4) is 0 Å². The van der Waals surface area contributed by atoms with Crippen molar-refractivity contribution in [2.24, 2.45) is 0 Å². The monoisotopic (exact) mass is 301 g/mol. The van der Waals surface area contributed by atoms with Gasteiger partial charge < -0.3 is 5.32 Å². The Morgan fingerprint density at radius 1 is 1.00 bits per heavy atom. The van der Waals surface area contributed by atoms with E-state index >= 15 is 0 Å². The minimum absolute atomic E-state index is 0.162. The summed E-state index contributed by atoms with van der Waals surface area (Å²) in [5, 5.41) is 4.45. The lowest BCUT2D eigenvalue weighted by atomic mass is 9.96. The molecular formula is C19H24ClN. The molecule has 0 radical (unpaired) electrons.